The van der Waals surface area contributed by atoms with E-state index in [2.05, 4.69) is 34.7 Å². The van der Waals surface area contributed by atoms with Gasteiger partial charge >= 0.3 is 0 Å². The van der Waals surface area contributed by atoms with Crippen LogP contribution < -0.4 is 5.32 Å². The number of benzene rings is 1. The lowest BCUT2D eigenvalue weighted by atomic mass is 10.1. The molecule has 0 aliphatic carbocycles. The molecule has 1 aromatic carbocycles. The molecule has 82 valence electrons. The summed E-state index contributed by atoms with van der Waals surface area (Å²) in [5, 5.41) is 4.13. The first-order chi connectivity index (χ1) is 7.19. The molecule has 0 spiro atoms. The fourth-order valence-electron chi connectivity index (χ4n) is 1.34. The van der Waals surface area contributed by atoms with Crippen molar-refractivity contribution in [3.8, 4) is 0 Å². The summed E-state index contributed by atoms with van der Waals surface area (Å²) < 4.78 is 0.923. The Morgan fingerprint density at radius 3 is 2.87 bits per heavy atom. The molecule has 1 atom stereocenters. The molecule has 3 heteroatoms. The molecule has 15 heavy (non-hydrogen) atoms. The number of rotatable bonds is 5. The fraction of sp³-hybridized carbons (Fsp3) is 0.333. The first-order valence-electron chi connectivity index (χ1n) is 5.00. The highest BCUT2D eigenvalue weighted by Crippen LogP contribution is 2.26. The van der Waals surface area contributed by atoms with E-state index in [-0.39, 0.29) is 6.04 Å². The van der Waals surface area contributed by atoms with Crippen LogP contribution in [0.25, 0.3) is 0 Å². The Balaban J connectivity index is 2.82. The lowest BCUT2D eigenvalue weighted by Gasteiger charge is -2.15. The molecule has 0 fully saturated rings. The molecular formula is C12H15BrClN. The molecule has 0 aromatic heterocycles. The quantitative estimate of drug-likeness (QED) is 0.795. The summed E-state index contributed by atoms with van der Waals surface area (Å²) in [6.45, 7) is 6.96. The zero-order valence-corrected chi connectivity index (χ0v) is 11.1. The number of halogens is 2. The van der Waals surface area contributed by atoms with Crippen LogP contribution in [0.3, 0.4) is 0 Å². The smallest absolute Gasteiger partial charge is 0.0548 e. The van der Waals surface area contributed by atoms with Crippen molar-refractivity contribution in [3.05, 3.63) is 45.9 Å². The number of hydrogen-bond acceptors (Lipinski definition) is 1. The van der Waals surface area contributed by atoms with Crippen LogP contribution in [-0.4, -0.2) is 6.54 Å². The van der Waals surface area contributed by atoms with Gasteiger partial charge in [-0.25, -0.2) is 0 Å². The van der Waals surface area contributed by atoms with E-state index in [1.54, 1.807) is 0 Å². The molecule has 0 bridgehead atoms. The summed E-state index contributed by atoms with van der Waals surface area (Å²) in [7, 11) is 0. The standard InChI is InChI=1S/C12H15BrClN/c1-3-7-15-12(4-2)9-5-6-11(14)10(13)8-9/h4-6,8,12,15H,2-3,7H2,1H3. The van der Waals surface area contributed by atoms with Crippen LogP contribution in [0.15, 0.2) is 35.3 Å². The van der Waals surface area contributed by atoms with Crippen molar-refractivity contribution in [2.24, 2.45) is 0 Å². The van der Waals surface area contributed by atoms with Crippen LogP contribution in [-0.2, 0) is 0 Å². The van der Waals surface area contributed by atoms with E-state index in [4.69, 9.17) is 11.6 Å². The third-order valence-electron chi connectivity index (χ3n) is 2.15. The van der Waals surface area contributed by atoms with Crippen LogP contribution in [0.5, 0.6) is 0 Å². The average molecular weight is 289 g/mol. The maximum absolute atomic E-state index is 5.94. The van der Waals surface area contributed by atoms with Gasteiger partial charge in [-0.1, -0.05) is 30.7 Å². The largest absolute Gasteiger partial charge is 0.307 e. The Morgan fingerprint density at radius 2 is 2.33 bits per heavy atom. The predicted molar refractivity (Wildman–Crippen MR) is 70.4 cm³/mol. The minimum atomic E-state index is 0.193. The Kier molecular flexibility index (Phi) is 5.37. The Labute approximate surface area is 105 Å². The first-order valence-corrected chi connectivity index (χ1v) is 6.17. The van der Waals surface area contributed by atoms with Gasteiger partial charge in [0.15, 0.2) is 0 Å². The molecule has 1 aromatic rings. The highest BCUT2D eigenvalue weighted by atomic mass is 79.9. The van der Waals surface area contributed by atoms with Crippen molar-refractivity contribution >= 4 is 27.5 Å². The molecule has 0 saturated heterocycles. The first kappa shape index (κ1) is 12.8. The summed E-state index contributed by atoms with van der Waals surface area (Å²) in [5.74, 6) is 0. The van der Waals surface area contributed by atoms with Crippen LogP contribution in [0.1, 0.15) is 24.9 Å². The van der Waals surface area contributed by atoms with Gasteiger partial charge in [0.1, 0.15) is 0 Å². The fourth-order valence-corrected chi connectivity index (χ4v) is 1.86. The highest BCUT2D eigenvalue weighted by molar-refractivity contribution is 9.10. The van der Waals surface area contributed by atoms with Crippen molar-refractivity contribution < 1.29 is 0 Å². The maximum atomic E-state index is 5.94. The Morgan fingerprint density at radius 1 is 1.60 bits per heavy atom. The zero-order valence-electron chi connectivity index (χ0n) is 8.76. The molecule has 1 nitrogen and oxygen atoms in total. The molecule has 1 N–H and O–H groups in total. The number of nitrogens with one attached hydrogen (secondary N) is 1. The van der Waals surface area contributed by atoms with Crippen LogP contribution in [0.4, 0.5) is 0 Å². The van der Waals surface area contributed by atoms with Gasteiger partial charge in [-0.3, -0.25) is 0 Å². The average Bonchev–Trinajstić information content (AvgIpc) is 2.24. The zero-order chi connectivity index (χ0) is 11.3. The van der Waals surface area contributed by atoms with E-state index in [1.165, 1.54) is 5.56 Å². The lowest BCUT2D eigenvalue weighted by Crippen LogP contribution is -2.20. The van der Waals surface area contributed by atoms with Gasteiger partial charge in [-0.2, -0.15) is 0 Å². The third-order valence-corrected chi connectivity index (χ3v) is 3.37. The Hall–Kier alpha value is -0.310. The topological polar surface area (TPSA) is 12.0 Å². The van der Waals surface area contributed by atoms with Crippen molar-refractivity contribution in [3.63, 3.8) is 0 Å². The van der Waals surface area contributed by atoms with E-state index in [1.807, 2.05) is 24.3 Å². The molecule has 1 rings (SSSR count). The Bertz CT molecular complexity index is 338. The van der Waals surface area contributed by atoms with Gasteiger partial charge < -0.3 is 5.32 Å². The minimum Gasteiger partial charge on any atom is -0.307 e. The summed E-state index contributed by atoms with van der Waals surface area (Å²) in [5.41, 5.74) is 1.18. The monoisotopic (exact) mass is 287 g/mol. The van der Waals surface area contributed by atoms with Gasteiger partial charge in [0.2, 0.25) is 0 Å². The van der Waals surface area contributed by atoms with E-state index < -0.39 is 0 Å². The highest BCUT2D eigenvalue weighted by Gasteiger charge is 2.07. The maximum Gasteiger partial charge on any atom is 0.0548 e. The molecule has 0 radical (unpaired) electrons. The summed E-state index contributed by atoms with van der Waals surface area (Å²) >= 11 is 9.36. The van der Waals surface area contributed by atoms with Crippen molar-refractivity contribution in [2.75, 3.05) is 6.54 Å². The summed E-state index contributed by atoms with van der Waals surface area (Å²) in [6, 6.07) is 6.13. The normalized spacial score (nSPS) is 12.5. The van der Waals surface area contributed by atoms with E-state index in [0.29, 0.717) is 0 Å². The minimum absolute atomic E-state index is 0.193. The molecule has 0 saturated carbocycles. The second-order valence-corrected chi connectivity index (χ2v) is 4.60. The molecular weight excluding hydrogens is 273 g/mol. The third kappa shape index (κ3) is 3.63. The molecule has 0 amide bonds. The van der Waals surface area contributed by atoms with Crippen molar-refractivity contribution in [1.82, 2.24) is 5.32 Å². The second kappa shape index (κ2) is 6.31. The predicted octanol–water partition coefficient (Wildman–Crippen LogP) is 4.33. The van der Waals surface area contributed by atoms with Crippen LogP contribution in [0.2, 0.25) is 5.02 Å². The summed E-state index contributed by atoms with van der Waals surface area (Å²) in [4.78, 5) is 0. The van der Waals surface area contributed by atoms with Crippen molar-refractivity contribution in [2.45, 2.75) is 19.4 Å². The van der Waals surface area contributed by atoms with Gasteiger partial charge in [-0.15, -0.1) is 6.58 Å². The van der Waals surface area contributed by atoms with E-state index in [0.717, 1.165) is 22.5 Å². The van der Waals surface area contributed by atoms with Gasteiger partial charge in [0.05, 0.1) is 11.1 Å². The van der Waals surface area contributed by atoms with E-state index >= 15 is 0 Å². The van der Waals surface area contributed by atoms with Crippen LogP contribution in [0, 0.1) is 0 Å². The molecule has 1 unspecified atom stereocenters. The van der Waals surface area contributed by atoms with Gasteiger partial charge in [-0.05, 0) is 46.6 Å². The second-order valence-electron chi connectivity index (χ2n) is 3.34. The number of hydrogen-bond donors (Lipinski definition) is 1. The van der Waals surface area contributed by atoms with E-state index in [9.17, 15) is 0 Å². The lowest BCUT2D eigenvalue weighted by molar-refractivity contribution is 0.613. The van der Waals surface area contributed by atoms with Crippen LogP contribution >= 0.6 is 27.5 Å². The van der Waals surface area contributed by atoms with Gasteiger partial charge in [0.25, 0.3) is 0 Å². The summed E-state index contributed by atoms with van der Waals surface area (Å²) in [6.07, 6.45) is 3.02. The van der Waals surface area contributed by atoms with Crippen molar-refractivity contribution in [1.29, 1.82) is 0 Å². The SMILES string of the molecule is C=CC(NCCC)c1ccc(Cl)c(Br)c1. The molecule has 0 aliphatic rings. The molecule has 0 aliphatic heterocycles. The van der Waals surface area contributed by atoms with Gasteiger partial charge in [0, 0.05) is 4.47 Å². The molecule has 0 heterocycles.